The second-order valence-corrected chi connectivity index (χ2v) is 4.78. The van der Waals surface area contributed by atoms with Crippen LogP contribution in [0.4, 0.5) is 0 Å². The lowest BCUT2D eigenvalue weighted by molar-refractivity contribution is 0.494. The summed E-state index contributed by atoms with van der Waals surface area (Å²) in [5.74, 6) is 1.08. The highest BCUT2D eigenvalue weighted by molar-refractivity contribution is 7.07. The van der Waals surface area contributed by atoms with Crippen LogP contribution in [-0.2, 0) is 6.54 Å². The van der Waals surface area contributed by atoms with Crippen molar-refractivity contribution in [3.05, 3.63) is 22.4 Å². The molecule has 0 bridgehead atoms. The van der Waals surface area contributed by atoms with Gasteiger partial charge in [-0.1, -0.05) is 0 Å². The fourth-order valence-electron chi connectivity index (χ4n) is 1.90. The third-order valence-corrected chi connectivity index (χ3v) is 3.46. The van der Waals surface area contributed by atoms with Crippen LogP contribution in [0.3, 0.4) is 0 Å². The van der Waals surface area contributed by atoms with Gasteiger partial charge in [0.15, 0.2) is 5.96 Å². The summed E-state index contributed by atoms with van der Waals surface area (Å²) in [6.45, 7) is 6.16. The van der Waals surface area contributed by atoms with Gasteiger partial charge in [-0.05, 0) is 42.2 Å². The molecule has 2 heterocycles. The molecule has 1 aliphatic heterocycles. The molecule has 16 heavy (non-hydrogen) atoms. The highest BCUT2D eigenvalue weighted by atomic mass is 32.1. The Morgan fingerprint density at radius 2 is 2.31 bits per heavy atom. The minimum absolute atomic E-state index is 0.794. The van der Waals surface area contributed by atoms with Crippen LogP contribution in [0.5, 0.6) is 0 Å². The lowest BCUT2D eigenvalue weighted by atomic mass is 10.3. The Bertz CT molecular complexity index is 326. The van der Waals surface area contributed by atoms with E-state index < -0.39 is 0 Å². The lowest BCUT2D eigenvalue weighted by Gasteiger charge is -2.20. The van der Waals surface area contributed by atoms with Gasteiger partial charge in [-0.2, -0.15) is 11.3 Å². The highest BCUT2D eigenvalue weighted by Gasteiger charge is 2.15. The Morgan fingerprint density at radius 1 is 1.50 bits per heavy atom. The first-order valence-electron chi connectivity index (χ1n) is 5.94. The quantitative estimate of drug-likeness (QED) is 0.645. The van der Waals surface area contributed by atoms with Crippen molar-refractivity contribution in [1.29, 1.82) is 0 Å². The maximum atomic E-state index is 4.68. The van der Waals surface area contributed by atoms with Gasteiger partial charge in [-0.15, -0.1) is 0 Å². The van der Waals surface area contributed by atoms with E-state index in [9.17, 15) is 0 Å². The molecule has 1 aromatic rings. The smallest absolute Gasteiger partial charge is 0.194 e. The monoisotopic (exact) mass is 237 g/mol. The zero-order valence-electron chi connectivity index (χ0n) is 9.78. The van der Waals surface area contributed by atoms with E-state index >= 15 is 0 Å². The van der Waals surface area contributed by atoms with Crippen molar-refractivity contribution < 1.29 is 0 Å². The van der Waals surface area contributed by atoms with Crippen molar-refractivity contribution in [2.75, 3.05) is 19.6 Å². The lowest BCUT2D eigenvalue weighted by Crippen LogP contribution is -2.39. The molecule has 1 N–H and O–H groups in total. The van der Waals surface area contributed by atoms with Crippen molar-refractivity contribution in [2.45, 2.75) is 26.3 Å². The Balaban J connectivity index is 1.97. The number of nitrogens with zero attached hydrogens (tertiary/aromatic N) is 2. The normalized spacial score (nSPS) is 16.8. The molecule has 0 saturated carbocycles. The van der Waals surface area contributed by atoms with Gasteiger partial charge in [-0.25, -0.2) is 4.99 Å². The van der Waals surface area contributed by atoms with Gasteiger partial charge in [-0.3, -0.25) is 0 Å². The number of guanidine groups is 1. The Labute approximate surface area is 101 Å². The third kappa shape index (κ3) is 2.98. The number of likely N-dealkylation sites (tertiary alicyclic amines) is 1. The SMILES string of the molecule is CCNC(=NCc1ccsc1)N1CCCC1. The van der Waals surface area contributed by atoms with Crippen LogP contribution in [-0.4, -0.2) is 30.5 Å². The standard InChI is InChI=1S/C12H19N3S/c1-2-13-12(15-6-3-4-7-15)14-9-11-5-8-16-10-11/h5,8,10H,2-4,6-7,9H2,1H3,(H,13,14). The first kappa shape index (κ1) is 11.5. The summed E-state index contributed by atoms with van der Waals surface area (Å²) in [4.78, 5) is 7.03. The number of aliphatic imine (C=N–C) groups is 1. The molecule has 2 rings (SSSR count). The van der Waals surface area contributed by atoms with E-state index in [1.165, 1.54) is 18.4 Å². The highest BCUT2D eigenvalue weighted by Crippen LogP contribution is 2.10. The number of rotatable bonds is 3. The number of nitrogens with one attached hydrogen (secondary N) is 1. The van der Waals surface area contributed by atoms with Crippen molar-refractivity contribution >= 4 is 17.3 Å². The average Bonchev–Trinajstić information content (AvgIpc) is 2.96. The zero-order chi connectivity index (χ0) is 11.2. The fraction of sp³-hybridized carbons (Fsp3) is 0.583. The molecule has 0 amide bonds. The predicted molar refractivity (Wildman–Crippen MR) is 69.9 cm³/mol. The fourth-order valence-corrected chi connectivity index (χ4v) is 2.56. The van der Waals surface area contributed by atoms with Crippen molar-refractivity contribution in [3.8, 4) is 0 Å². The summed E-state index contributed by atoms with van der Waals surface area (Å²) in [5.41, 5.74) is 1.31. The van der Waals surface area contributed by atoms with E-state index in [-0.39, 0.29) is 0 Å². The van der Waals surface area contributed by atoms with E-state index in [4.69, 9.17) is 0 Å². The maximum absolute atomic E-state index is 4.68. The van der Waals surface area contributed by atoms with Gasteiger partial charge in [0, 0.05) is 19.6 Å². The van der Waals surface area contributed by atoms with Gasteiger partial charge in [0.2, 0.25) is 0 Å². The van der Waals surface area contributed by atoms with E-state index in [1.54, 1.807) is 11.3 Å². The number of hydrogen-bond acceptors (Lipinski definition) is 2. The zero-order valence-corrected chi connectivity index (χ0v) is 10.6. The molecule has 1 saturated heterocycles. The molecule has 0 atom stereocenters. The van der Waals surface area contributed by atoms with Crippen LogP contribution < -0.4 is 5.32 Å². The van der Waals surface area contributed by atoms with Gasteiger partial charge in [0.1, 0.15) is 0 Å². The molecular formula is C12H19N3S. The molecule has 0 spiro atoms. The van der Waals surface area contributed by atoms with Crippen molar-refractivity contribution in [3.63, 3.8) is 0 Å². The molecule has 0 radical (unpaired) electrons. The summed E-state index contributed by atoms with van der Waals surface area (Å²) in [7, 11) is 0. The van der Waals surface area contributed by atoms with Crippen LogP contribution in [0, 0.1) is 0 Å². The van der Waals surface area contributed by atoms with Crippen LogP contribution in [0.1, 0.15) is 25.3 Å². The number of hydrogen-bond donors (Lipinski definition) is 1. The van der Waals surface area contributed by atoms with Crippen molar-refractivity contribution in [1.82, 2.24) is 10.2 Å². The molecule has 0 aliphatic carbocycles. The molecule has 0 unspecified atom stereocenters. The van der Waals surface area contributed by atoms with Gasteiger partial charge < -0.3 is 10.2 Å². The molecule has 1 aromatic heterocycles. The minimum Gasteiger partial charge on any atom is -0.357 e. The van der Waals surface area contributed by atoms with E-state index in [2.05, 4.69) is 39.0 Å². The van der Waals surface area contributed by atoms with Gasteiger partial charge in [0.05, 0.1) is 6.54 Å². The Hall–Kier alpha value is -1.03. The van der Waals surface area contributed by atoms with E-state index in [1.807, 2.05) is 0 Å². The summed E-state index contributed by atoms with van der Waals surface area (Å²) in [6, 6.07) is 2.14. The molecule has 1 aliphatic rings. The first-order valence-corrected chi connectivity index (χ1v) is 6.89. The molecule has 0 aromatic carbocycles. The molecular weight excluding hydrogens is 218 g/mol. The van der Waals surface area contributed by atoms with Gasteiger partial charge >= 0.3 is 0 Å². The Morgan fingerprint density at radius 3 is 2.94 bits per heavy atom. The second-order valence-electron chi connectivity index (χ2n) is 4.00. The van der Waals surface area contributed by atoms with Crippen LogP contribution >= 0.6 is 11.3 Å². The summed E-state index contributed by atoms with van der Waals surface area (Å²) in [5, 5.41) is 7.63. The van der Waals surface area contributed by atoms with Crippen LogP contribution in [0.15, 0.2) is 21.8 Å². The van der Waals surface area contributed by atoms with Gasteiger partial charge in [0.25, 0.3) is 0 Å². The molecule has 1 fully saturated rings. The second kappa shape index (κ2) is 5.89. The van der Waals surface area contributed by atoms with Crippen LogP contribution in [0.2, 0.25) is 0 Å². The van der Waals surface area contributed by atoms with E-state index in [0.717, 1.165) is 32.1 Å². The maximum Gasteiger partial charge on any atom is 0.194 e. The topological polar surface area (TPSA) is 27.6 Å². The van der Waals surface area contributed by atoms with Crippen LogP contribution in [0.25, 0.3) is 0 Å². The molecule has 4 heteroatoms. The van der Waals surface area contributed by atoms with Crippen molar-refractivity contribution in [2.24, 2.45) is 4.99 Å². The Kier molecular flexibility index (Phi) is 4.22. The number of thiophene rings is 1. The minimum atomic E-state index is 0.794. The average molecular weight is 237 g/mol. The summed E-state index contributed by atoms with van der Waals surface area (Å²) < 4.78 is 0. The first-order chi connectivity index (χ1) is 7.90. The van der Waals surface area contributed by atoms with E-state index in [0.29, 0.717) is 0 Å². The summed E-state index contributed by atoms with van der Waals surface area (Å²) >= 11 is 1.73. The largest absolute Gasteiger partial charge is 0.357 e. The predicted octanol–water partition coefficient (Wildman–Crippen LogP) is 2.31. The molecule has 3 nitrogen and oxygen atoms in total. The summed E-state index contributed by atoms with van der Waals surface area (Å²) in [6.07, 6.45) is 2.59. The molecule has 88 valence electrons. The third-order valence-electron chi connectivity index (χ3n) is 2.73.